The van der Waals surface area contributed by atoms with Crippen molar-refractivity contribution in [2.24, 2.45) is 10.9 Å². The molecule has 1 aliphatic rings. The van der Waals surface area contributed by atoms with Crippen molar-refractivity contribution >= 4 is 12.0 Å². The number of carbonyl (C=O) groups is 1. The van der Waals surface area contributed by atoms with Gasteiger partial charge in [0.25, 0.3) is 0 Å². The molecule has 4 heteroatoms. The van der Waals surface area contributed by atoms with Gasteiger partial charge in [-0.25, -0.2) is 0 Å². The van der Waals surface area contributed by atoms with Crippen LogP contribution in [0.2, 0.25) is 0 Å². The van der Waals surface area contributed by atoms with Crippen LogP contribution in [-0.4, -0.2) is 28.3 Å². The van der Waals surface area contributed by atoms with Crippen LogP contribution in [0.4, 0.5) is 0 Å². The summed E-state index contributed by atoms with van der Waals surface area (Å²) in [5.74, 6) is -1.12. The summed E-state index contributed by atoms with van der Waals surface area (Å²) >= 11 is 0. The number of rotatable bonds is 2. The van der Waals surface area contributed by atoms with Gasteiger partial charge >= 0.3 is 0 Å². The first kappa shape index (κ1) is 9.92. The highest BCUT2D eigenvalue weighted by atomic mass is 16.3. The summed E-state index contributed by atoms with van der Waals surface area (Å²) in [4.78, 5) is 15.2. The lowest BCUT2D eigenvalue weighted by atomic mass is 9.95. The van der Waals surface area contributed by atoms with E-state index in [2.05, 4.69) is 4.99 Å². The number of aliphatic hydroxyl groups is 2. The van der Waals surface area contributed by atoms with E-state index in [0.717, 1.165) is 0 Å². The largest absolute Gasteiger partial charge is 0.503 e. The Morgan fingerprint density at radius 1 is 1.69 bits per heavy atom. The molecule has 1 heterocycles. The smallest absolute Gasteiger partial charge is 0.207 e. The van der Waals surface area contributed by atoms with E-state index >= 15 is 0 Å². The second-order valence-corrected chi connectivity index (χ2v) is 3.27. The molecule has 0 aromatic carbocycles. The van der Waals surface area contributed by atoms with E-state index in [0.29, 0.717) is 12.1 Å². The zero-order valence-electron chi connectivity index (χ0n) is 7.69. The van der Waals surface area contributed by atoms with Crippen LogP contribution in [0.15, 0.2) is 16.4 Å². The highest BCUT2D eigenvalue weighted by molar-refractivity contribution is 6.06. The quantitative estimate of drug-likeness (QED) is 0.665. The summed E-state index contributed by atoms with van der Waals surface area (Å²) < 4.78 is 0. The van der Waals surface area contributed by atoms with Crippen LogP contribution in [0, 0.1) is 5.92 Å². The molecule has 1 rings (SSSR count). The minimum Gasteiger partial charge on any atom is -0.503 e. The van der Waals surface area contributed by atoms with Crippen LogP contribution in [0.5, 0.6) is 0 Å². The topological polar surface area (TPSA) is 69.9 Å². The van der Waals surface area contributed by atoms with Gasteiger partial charge in [0.2, 0.25) is 5.78 Å². The Bertz CT molecular complexity index is 279. The maximum atomic E-state index is 11.4. The molecular formula is C9H13NO3. The Hall–Kier alpha value is -1.16. The number of carbonyl (C=O) groups excluding carboxylic acids is 1. The molecular weight excluding hydrogens is 170 g/mol. The van der Waals surface area contributed by atoms with Crippen LogP contribution < -0.4 is 0 Å². The molecule has 0 aromatic rings. The summed E-state index contributed by atoms with van der Waals surface area (Å²) in [5.41, 5.74) is 0.340. The summed E-state index contributed by atoms with van der Waals surface area (Å²) in [7, 11) is 0. The van der Waals surface area contributed by atoms with Crippen molar-refractivity contribution in [2.45, 2.75) is 26.4 Å². The second kappa shape index (κ2) is 3.70. The maximum absolute atomic E-state index is 11.4. The van der Waals surface area contributed by atoms with Crippen LogP contribution in [-0.2, 0) is 4.79 Å². The summed E-state index contributed by atoms with van der Waals surface area (Å²) in [6.07, 6.45) is 1.22. The molecule has 0 saturated carbocycles. The zero-order valence-corrected chi connectivity index (χ0v) is 7.69. The lowest BCUT2D eigenvalue weighted by Gasteiger charge is -2.16. The molecule has 2 N–H and O–H groups in total. The van der Waals surface area contributed by atoms with Gasteiger partial charge in [-0.2, -0.15) is 0 Å². The number of aliphatic imine (C=N–C) groups is 1. The Morgan fingerprint density at radius 3 is 2.85 bits per heavy atom. The highest BCUT2D eigenvalue weighted by Crippen LogP contribution is 2.18. The lowest BCUT2D eigenvalue weighted by Crippen LogP contribution is -2.25. The van der Waals surface area contributed by atoms with E-state index in [1.165, 1.54) is 6.21 Å². The number of nitrogens with zero attached hydrogens (tertiary/aromatic N) is 1. The van der Waals surface area contributed by atoms with Gasteiger partial charge in [0.1, 0.15) is 0 Å². The van der Waals surface area contributed by atoms with Gasteiger partial charge in [0, 0.05) is 6.21 Å². The zero-order chi connectivity index (χ0) is 10.0. The minimum atomic E-state index is -0.563. The predicted octanol–water partition coefficient (Wildman–Crippen LogP) is 0.817. The Kier molecular flexibility index (Phi) is 2.83. The number of aliphatic hydroxyl groups excluding tert-OH is 2. The van der Waals surface area contributed by atoms with Crippen molar-refractivity contribution in [1.29, 1.82) is 0 Å². The number of hydrogen-bond donors (Lipinski definition) is 2. The minimum absolute atomic E-state index is 0.284. The first-order valence-corrected chi connectivity index (χ1v) is 4.18. The molecule has 72 valence electrons. The Labute approximate surface area is 76.6 Å². The third-order valence-electron chi connectivity index (χ3n) is 1.96. The molecule has 0 spiro atoms. The molecule has 13 heavy (non-hydrogen) atoms. The summed E-state index contributed by atoms with van der Waals surface area (Å²) in [5, 5.41) is 18.3. The van der Waals surface area contributed by atoms with E-state index < -0.39 is 12.0 Å². The van der Waals surface area contributed by atoms with Crippen LogP contribution in [0.25, 0.3) is 0 Å². The fourth-order valence-electron chi connectivity index (χ4n) is 1.22. The van der Waals surface area contributed by atoms with Crippen molar-refractivity contribution in [3.8, 4) is 0 Å². The third-order valence-corrected chi connectivity index (χ3v) is 1.96. The predicted molar refractivity (Wildman–Crippen MR) is 48.6 cm³/mol. The molecule has 0 fully saturated rings. The lowest BCUT2D eigenvalue weighted by molar-refractivity contribution is -0.120. The van der Waals surface area contributed by atoms with E-state index in [-0.39, 0.29) is 11.5 Å². The standard InChI is InChI=1S/C9H13NO3/c1-5(11)3-7-4-10-6(2)8(12)9(7)13/h4-5,7,11-12H,3H2,1-2H3. The molecule has 0 bridgehead atoms. The summed E-state index contributed by atoms with van der Waals surface area (Å²) in [6, 6.07) is 0. The van der Waals surface area contributed by atoms with E-state index in [9.17, 15) is 9.90 Å². The average molecular weight is 183 g/mol. The van der Waals surface area contributed by atoms with Gasteiger partial charge in [-0.3, -0.25) is 9.79 Å². The molecule has 0 amide bonds. The van der Waals surface area contributed by atoms with E-state index in [1.807, 2.05) is 0 Å². The van der Waals surface area contributed by atoms with E-state index in [1.54, 1.807) is 13.8 Å². The van der Waals surface area contributed by atoms with Crippen molar-refractivity contribution < 1.29 is 15.0 Å². The van der Waals surface area contributed by atoms with Gasteiger partial charge in [-0.15, -0.1) is 0 Å². The first-order chi connectivity index (χ1) is 6.02. The molecule has 4 nitrogen and oxygen atoms in total. The van der Waals surface area contributed by atoms with Crippen molar-refractivity contribution in [2.75, 3.05) is 0 Å². The van der Waals surface area contributed by atoms with Gasteiger partial charge in [-0.05, 0) is 20.3 Å². The second-order valence-electron chi connectivity index (χ2n) is 3.27. The fraction of sp³-hybridized carbons (Fsp3) is 0.556. The van der Waals surface area contributed by atoms with Gasteiger partial charge in [0.05, 0.1) is 17.7 Å². The SMILES string of the molecule is CC1=C(O)C(=O)C(CC(C)O)C=N1. The van der Waals surface area contributed by atoms with Crippen molar-refractivity contribution in [3.05, 3.63) is 11.5 Å². The maximum Gasteiger partial charge on any atom is 0.207 e. The molecule has 0 aromatic heterocycles. The Balaban J connectivity index is 2.75. The first-order valence-electron chi connectivity index (χ1n) is 4.18. The molecule has 0 radical (unpaired) electrons. The van der Waals surface area contributed by atoms with Crippen molar-refractivity contribution in [3.63, 3.8) is 0 Å². The summed E-state index contributed by atoms with van der Waals surface area (Å²) in [6.45, 7) is 3.17. The van der Waals surface area contributed by atoms with Gasteiger partial charge in [-0.1, -0.05) is 0 Å². The average Bonchev–Trinajstić information content (AvgIpc) is 2.06. The molecule has 2 atom stereocenters. The van der Waals surface area contributed by atoms with Crippen molar-refractivity contribution in [1.82, 2.24) is 0 Å². The number of allylic oxidation sites excluding steroid dienone is 2. The Morgan fingerprint density at radius 2 is 2.31 bits per heavy atom. The monoisotopic (exact) mass is 183 g/mol. The van der Waals surface area contributed by atoms with Gasteiger partial charge < -0.3 is 10.2 Å². The van der Waals surface area contributed by atoms with Crippen LogP contribution in [0.3, 0.4) is 0 Å². The van der Waals surface area contributed by atoms with E-state index in [4.69, 9.17) is 5.11 Å². The number of Topliss-reactive ketones (excluding diaryl/α,β-unsaturated/α-hetero) is 1. The highest BCUT2D eigenvalue weighted by Gasteiger charge is 2.26. The molecule has 0 saturated heterocycles. The normalized spacial score (nSPS) is 25.2. The molecule has 0 aliphatic carbocycles. The number of hydrogen-bond acceptors (Lipinski definition) is 4. The molecule has 1 aliphatic heterocycles. The third kappa shape index (κ3) is 2.15. The molecule has 2 unspecified atom stereocenters. The van der Waals surface area contributed by atoms with Crippen LogP contribution >= 0.6 is 0 Å². The number of ketones is 1. The fourth-order valence-corrected chi connectivity index (χ4v) is 1.22. The van der Waals surface area contributed by atoms with Crippen LogP contribution in [0.1, 0.15) is 20.3 Å². The van der Waals surface area contributed by atoms with Gasteiger partial charge in [0.15, 0.2) is 5.76 Å².